The number of carbonyl (C=O) groups is 1. The number of hydrogen-bond acceptors (Lipinski definition) is 3. The molecular weight excluding hydrogens is 313 g/mol. The Morgan fingerprint density at radius 3 is 3.07 bits per heavy atom. The summed E-state index contributed by atoms with van der Waals surface area (Å²) in [4.78, 5) is 11.6. The fraction of sp³-hybridized carbons (Fsp3) is 0. The number of aromatic amines is 1. The molecule has 0 atom stereocenters. The quantitative estimate of drug-likeness (QED) is 0.835. The van der Waals surface area contributed by atoms with Gasteiger partial charge in [0, 0.05) is 11.6 Å². The summed E-state index contributed by atoms with van der Waals surface area (Å²) < 4.78 is 1.10. The van der Waals surface area contributed by atoms with Gasteiger partial charge < -0.3 is 5.32 Å². The Hall–Kier alpha value is -0.890. The topological polar surface area (TPSA) is 57.8 Å². The molecule has 0 aromatic carbocycles. The molecule has 14 heavy (non-hydrogen) atoms. The molecule has 0 saturated heterocycles. The number of halogens is 1. The lowest BCUT2D eigenvalue weighted by atomic mass is 10.3. The van der Waals surface area contributed by atoms with Gasteiger partial charge in [0.15, 0.2) is 0 Å². The lowest BCUT2D eigenvalue weighted by molar-refractivity contribution is 0.102. The first-order valence-electron chi connectivity index (χ1n) is 3.80. The minimum absolute atomic E-state index is 0.106. The van der Waals surface area contributed by atoms with Crippen molar-refractivity contribution in [2.45, 2.75) is 0 Å². The minimum Gasteiger partial charge on any atom is -0.319 e. The van der Waals surface area contributed by atoms with Crippen molar-refractivity contribution >= 4 is 45.5 Å². The van der Waals surface area contributed by atoms with Crippen LogP contribution in [-0.4, -0.2) is 16.1 Å². The second kappa shape index (κ2) is 4.09. The molecule has 0 fully saturated rings. The lowest BCUT2D eigenvalue weighted by Crippen LogP contribution is -2.09. The van der Waals surface area contributed by atoms with E-state index in [1.807, 2.05) is 11.4 Å². The molecule has 0 spiro atoms. The van der Waals surface area contributed by atoms with Gasteiger partial charge in [0.05, 0.1) is 20.3 Å². The first-order chi connectivity index (χ1) is 6.75. The molecule has 1 amide bonds. The zero-order valence-electron chi connectivity index (χ0n) is 6.95. The maximum atomic E-state index is 11.6. The largest absolute Gasteiger partial charge is 0.319 e. The number of carbonyl (C=O) groups excluding carboxylic acids is 1. The van der Waals surface area contributed by atoms with Crippen molar-refractivity contribution in [3.8, 4) is 0 Å². The molecule has 0 unspecified atom stereocenters. The van der Waals surface area contributed by atoms with Crippen LogP contribution >= 0.6 is 33.9 Å². The summed E-state index contributed by atoms with van der Waals surface area (Å²) in [6.07, 6.45) is 3.20. The van der Waals surface area contributed by atoms with Crippen molar-refractivity contribution in [3.63, 3.8) is 0 Å². The van der Waals surface area contributed by atoms with Crippen LogP contribution in [0, 0.1) is 2.88 Å². The highest BCUT2D eigenvalue weighted by molar-refractivity contribution is 14.1. The summed E-state index contributed by atoms with van der Waals surface area (Å²) in [6.45, 7) is 0. The third kappa shape index (κ3) is 2.13. The average Bonchev–Trinajstić information content (AvgIpc) is 2.75. The van der Waals surface area contributed by atoms with Gasteiger partial charge in [-0.3, -0.25) is 9.89 Å². The SMILES string of the molecule is O=C(Nc1cn[nH]c1)c1csc(I)c1. The molecule has 0 radical (unpaired) electrons. The second-order valence-corrected chi connectivity index (χ2v) is 5.39. The number of nitrogens with zero attached hydrogens (tertiary/aromatic N) is 1. The van der Waals surface area contributed by atoms with Crippen LogP contribution in [0.3, 0.4) is 0 Å². The molecule has 2 aromatic rings. The average molecular weight is 319 g/mol. The van der Waals surface area contributed by atoms with Crippen molar-refractivity contribution in [2.24, 2.45) is 0 Å². The van der Waals surface area contributed by atoms with Gasteiger partial charge in [-0.2, -0.15) is 5.10 Å². The molecule has 72 valence electrons. The Morgan fingerprint density at radius 2 is 2.50 bits per heavy atom. The summed E-state index contributed by atoms with van der Waals surface area (Å²) in [7, 11) is 0. The molecule has 2 rings (SSSR count). The van der Waals surface area contributed by atoms with Crippen LogP contribution in [0.5, 0.6) is 0 Å². The number of hydrogen-bond donors (Lipinski definition) is 2. The summed E-state index contributed by atoms with van der Waals surface area (Å²) in [5, 5.41) is 10.9. The van der Waals surface area contributed by atoms with E-state index < -0.39 is 0 Å². The Morgan fingerprint density at radius 1 is 1.64 bits per heavy atom. The van der Waals surface area contributed by atoms with Gasteiger partial charge in [-0.25, -0.2) is 0 Å². The van der Waals surface area contributed by atoms with Crippen LogP contribution < -0.4 is 5.32 Å². The molecule has 0 aliphatic heterocycles. The minimum atomic E-state index is -0.106. The molecule has 2 heterocycles. The molecule has 6 heteroatoms. The smallest absolute Gasteiger partial charge is 0.256 e. The predicted molar refractivity (Wildman–Crippen MR) is 63.6 cm³/mol. The molecule has 0 bridgehead atoms. The number of amides is 1. The van der Waals surface area contributed by atoms with Gasteiger partial charge in [0.1, 0.15) is 0 Å². The standard InChI is InChI=1S/C8H6IN3OS/c9-7-1-5(4-14-7)8(13)12-6-2-10-11-3-6/h1-4H,(H,10,11)(H,12,13). The number of thiophene rings is 1. The van der Waals surface area contributed by atoms with Crippen molar-refractivity contribution in [3.05, 3.63) is 32.3 Å². The normalized spacial score (nSPS) is 10.1. The molecule has 2 N–H and O–H groups in total. The fourth-order valence-electron chi connectivity index (χ4n) is 0.952. The number of aromatic nitrogens is 2. The van der Waals surface area contributed by atoms with Crippen molar-refractivity contribution < 1.29 is 4.79 Å². The first-order valence-corrected chi connectivity index (χ1v) is 5.76. The predicted octanol–water partition coefficient (Wildman–Crippen LogP) is 2.33. The molecule has 4 nitrogen and oxygen atoms in total. The van der Waals surface area contributed by atoms with E-state index in [0.29, 0.717) is 11.3 Å². The number of H-pyrrole nitrogens is 1. The van der Waals surface area contributed by atoms with Gasteiger partial charge in [-0.15, -0.1) is 11.3 Å². The van der Waals surface area contributed by atoms with Crippen LogP contribution in [0.4, 0.5) is 5.69 Å². The van der Waals surface area contributed by atoms with Crippen LogP contribution in [0.1, 0.15) is 10.4 Å². The Labute approximate surface area is 97.9 Å². The molecular formula is C8H6IN3OS. The fourth-order valence-corrected chi connectivity index (χ4v) is 2.28. The third-order valence-electron chi connectivity index (χ3n) is 1.59. The summed E-state index contributed by atoms with van der Waals surface area (Å²) in [5.74, 6) is -0.106. The van der Waals surface area contributed by atoms with Gasteiger partial charge in [0.2, 0.25) is 0 Å². The van der Waals surface area contributed by atoms with E-state index in [1.165, 1.54) is 0 Å². The maximum Gasteiger partial charge on any atom is 0.256 e. The number of nitrogens with one attached hydrogen (secondary N) is 2. The van der Waals surface area contributed by atoms with Crippen molar-refractivity contribution in [1.29, 1.82) is 0 Å². The van der Waals surface area contributed by atoms with E-state index in [2.05, 4.69) is 38.1 Å². The van der Waals surface area contributed by atoms with Crippen LogP contribution in [0.25, 0.3) is 0 Å². The first kappa shape index (κ1) is 9.66. The van der Waals surface area contributed by atoms with Crippen LogP contribution in [0.15, 0.2) is 23.8 Å². The van der Waals surface area contributed by atoms with Gasteiger partial charge in [0.25, 0.3) is 5.91 Å². The Bertz CT molecular complexity index is 437. The van der Waals surface area contributed by atoms with E-state index in [4.69, 9.17) is 0 Å². The number of anilines is 1. The van der Waals surface area contributed by atoms with Crippen LogP contribution in [0.2, 0.25) is 0 Å². The molecule has 0 aliphatic rings. The van der Waals surface area contributed by atoms with Crippen molar-refractivity contribution in [1.82, 2.24) is 10.2 Å². The highest BCUT2D eigenvalue weighted by Gasteiger charge is 2.08. The zero-order valence-corrected chi connectivity index (χ0v) is 9.93. The summed E-state index contributed by atoms with van der Waals surface area (Å²) in [6, 6.07) is 1.85. The molecule has 0 aliphatic carbocycles. The summed E-state index contributed by atoms with van der Waals surface area (Å²) in [5.41, 5.74) is 1.36. The van der Waals surface area contributed by atoms with E-state index in [0.717, 1.165) is 2.88 Å². The van der Waals surface area contributed by atoms with Gasteiger partial charge >= 0.3 is 0 Å². The van der Waals surface area contributed by atoms with Crippen molar-refractivity contribution in [2.75, 3.05) is 5.32 Å². The molecule has 0 saturated carbocycles. The Kier molecular flexibility index (Phi) is 2.82. The maximum absolute atomic E-state index is 11.6. The lowest BCUT2D eigenvalue weighted by Gasteiger charge is -1.97. The second-order valence-electron chi connectivity index (χ2n) is 2.58. The highest BCUT2D eigenvalue weighted by atomic mass is 127. The zero-order chi connectivity index (χ0) is 9.97. The van der Waals surface area contributed by atoms with E-state index >= 15 is 0 Å². The monoisotopic (exact) mass is 319 g/mol. The number of rotatable bonds is 2. The third-order valence-corrected chi connectivity index (χ3v) is 3.37. The highest BCUT2D eigenvalue weighted by Crippen LogP contribution is 2.17. The van der Waals surface area contributed by atoms with Gasteiger partial charge in [-0.05, 0) is 28.7 Å². The Balaban J connectivity index is 2.10. The summed E-state index contributed by atoms with van der Waals surface area (Å²) >= 11 is 3.73. The van der Waals surface area contributed by atoms with Crippen LogP contribution in [-0.2, 0) is 0 Å². The molecule has 2 aromatic heterocycles. The van der Waals surface area contributed by atoms with E-state index in [1.54, 1.807) is 23.7 Å². The van der Waals surface area contributed by atoms with E-state index in [9.17, 15) is 4.79 Å². The van der Waals surface area contributed by atoms with Gasteiger partial charge in [-0.1, -0.05) is 0 Å². The van der Waals surface area contributed by atoms with E-state index in [-0.39, 0.29) is 5.91 Å².